The van der Waals surface area contributed by atoms with Crippen molar-refractivity contribution < 1.29 is 28.5 Å². The summed E-state index contributed by atoms with van der Waals surface area (Å²) in [6, 6.07) is 14.5. The van der Waals surface area contributed by atoms with Crippen LogP contribution >= 0.6 is 0 Å². The van der Waals surface area contributed by atoms with E-state index >= 15 is 0 Å². The fraction of sp³-hybridized carbons (Fsp3) is 0.481. The predicted octanol–water partition coefficient (Wildman–Crippen LogP) is 3.36. The van der Waals surface area contributed by atoms with Crippen LogP contribution in [-0.2, 0) is 14.3 Å². The minimum absolute atomic E-state index is 0.00193. The Kier molecular flexibility index (Phi) is 7.93. The van der Waals surface area contributed by atoms with Crippen molar-refractivity contribution in [1.82, 2.24) is 10.2 Å². The van der Waals surface area contributed by atoms with Gasteiger partial charge < -0.3 is 24.3 Å². The molecule has 0 aromatic heterocycles. The second kappa shape index (κ2) is 11.1. The lowest BCUT2D eigenvalue weighted by atomic mass is 9.86. The van der Waals surface area contributed by atoms with Crippen LogP contribution in [0, 0.1) is 0 Å². The summed E-state index contributed by atoms with van der Waals surface area (Å²) in [5.74, 6) is 1.15. The van der Waals surface area contributed by atoms with Crippen LogP contribution in [0.3, 0.4) is 0 Å². The van der Waals surface area contributed by atoms with Crippen molar-refractivity contribution in [2.24, 2.45) is 0 Å². The van der Waals surface area contributed by atoms with Crippen LogP contribution in [0.15, 0.2) is 48.5 Å². The highest BCUT2D eigenvalue weighted by molar-refractivity contribution is 5.89. The molecule has 8 heteroatoms. The third-order valence-corrected chi connectivity index (χ3v) is 7.02. The lowest BCUT2D eigenvalue weighted by Crippen LogP contribution is -2.61. The third-order valence-electron chi connectivity index (χ3n) is 7.02. The number of nitrogens with zero attached hydrogens (tertiary/aromatic N) is 1. The first kappa shape index (κ1) is 25.0. The fourth-order valence-electron chi connectivity index (χ4n) is 4.92. The van der Waals surface area contributed by atoms with Gasteiger partial charge in [-0.1, -0.05) is 18.2 Å². The van der Waals surface area contributed by atoms with E-state index in [4.69, 9.17) is 18.9 Å². The molecule has 1 N–H and O–H groups in total. The molecule has 2 atom stereocenters. The Bertz CT molecular complexity index is 1020. The van der Waals surface area contributed by atoms with E-state index in [1.165, 1.54) is 7.11 Å². The molecule has 35 heavy (non-hydrogen) atoms. The van der Waals surface area contributed by atoms with Crippen LogP contribution in [0.2, 0.25) is 0 Å². The number of likely N-dealkylation sites (tertiary alicyclic amines) is 1. The van der Waals surface area contributed by atoms with Crippen molar-refractivity contribution >= 4 is 11.9 Å². The number of ether oxygens (including phenoxy) is 4. The van der Waals surface area contributed by atoms with Gasteiger partial charge in [0.1, 0.15) is 23.1 Å². The molecule has 0 saturated carbocycles. The number of esters is 1. The number of hydrogen-bond acceptors (Lipinski definition) is 7. The van der Waals surface area contributed by atoms with E-state index in [1.54, 1.807) is 19.2 Å². The van der Waals surface area contributed by atoms with Crippen LogP contribution in [0.4, 0.5) is 0 Å². The van der Waals surface area contributed by atoms with Gasteiger partial charge in [-0.2, -0.15) is 0 Å². The zero-order valence-corrected chi connectivity index (χ0v) is 20.6. The van der Waals surface area contributed by atoms with Gasteiger partial charge in [0.05, 0.1) is 25.8 Å². The Labute approximate surface area is 206 Å². The van der Waals surface area contributed by atoms with Crippen LogP contribution < -0.4 is 14.8 Å². The van der Waals surface area contributed by atoms with E-state index in [0.29, 0.717) is 38.2 Å². The van der Waals surface area contributed by atoms with Gasteiger partial charge in [0, 0.05) is 32.4 Å². The van der Waals surface area contributed by atoms with E-state index < -0.39 is 5.54 Å². The number of amides is 1. The van der Waals surface area contributed by atoms with Crippen molar-refractivity contribution in [2.45, 2.75) is 43.9 Å². The second-order valence-electron chi connectivity index (χ2n) is 9.11. The van der Waals surface area contributed by atoms with Crippen LogP contribution in [0.25, 0.3) is 0 Å². The van der Waals surface area contributed by atoms with Crippen LogP contribution in [0.1, 0.15) is 48.1 Å². The number of benzene rings is 2. The summed E-state index contributed by atoms with van der Waals surface area (Å²) in [6.07, 6.45) is 2.12. The van der Waals surface area contributed by atoms with E-state index in [-0.39, 0.29) is 24.0 Å². The molecule has 2 heterocycles. The molecule has 2 aromatic rings. The lowest BCUT2D eigenvalue weighted by Gasteiger charge is -2.43. The molecular weight excluding hydrogens is 448 g/mol. The van der Waals surface area contributed by atoms with Gasteiger partial charge >= 0.3 is 5.97 Å². The number of methoxy groups -OCH3 is 2. The molecule has 4 rings (SSSR count). The second-order valence-corrected chi connectivity index (χ2v) is 9.11. The quantitative estimate of drug-likeness (QED) is 0.578. The van der Waals surface area contributed by atoms with Crippen molar-refractivity contribution in [3.63, 3.8) is 0 Å². The monoisotopic (exact) mass is 482 g/mol. The number of carbonyl (C=O) groups is 2. The maximum atomic E-state index is 13.7. The lowest BCUT2D eigenvalue weighted by molar-refractivity contribution is -0.140. The molecule has 2 aromatic carbocycles. The molecule has 2 saturated heterocycles. The molecule has 2 aliphatic rings. The number of rotatable bonds is 8. The maximum absolute atomic E-state index is 13.7. The third kappa shape index (κ3) is 5.60. The zero-order chi connectivity index (χ0) is 24.8. The predicted molar refractivity (Wildman–Crippen MR) is 131 cm³/mol. The number of hydrogen-bond donors (Lipinski definition) is 1. The molecule has 0 radical (unpaired) electrons. The Morgan fingerprint density at radius 1 is 1.09 bits per heavy atom. The Hall–Kier alpha value is -3.10. The van der Waals surface area contributed by atoms with Gasteiger partial charge in [0.2, 0.25) is 5.91 Å². The van der Waals surface area contributed by atoms with Gasteiger partial charge in [-0.25, -0.2) is 4.79 Å². The number of nitrogens with one attached hydrogen (secondary N) is 1. The molecule has 0 bridgehead atoms. The standard InChI is InChI=1S/C27H34N2O6/c1-19(20-7-9-21(10-8-20)25(30)33-3)28-26(31)27(12-15-34-16-13-27)29-14-11-24(18-29)35-23-6-4-5-22(17-23)32-2/h4-10,17,19,24H,11-16,18H2,1-3H3,(H,28,31)/t19?,24-/m1/s1. The van der Waals surface area contributed by atoms with Gasteiger partial charge in [0.15, 0.2) is 0 Å². The Morgan fingerprint density at radius 3 is 2.49 bits per heavy atom. The first-order valence-corrected chi connectivity index (χ1v) is 12.1. The first-order chi connectivity index (χ1) is 16.9. The highest BCUT2D eigenvalue weighted by Gasteiger charge is 2.48. The number of carbonyl (C=O) groups excluding carboxylic acids is 2. The molecule has 2 aliphatic heterocycles. The maximum Gasteiger partial charge on any atom is 0.337 e. The van der Waals surface area contributed by atoms with E-state index in [0.717, 1.165) is 30.0 Å². The summed E-state index contributed by atoms with van der Waals surface area (Å²) in [5, 5.41) is 3.22. The summed E-state index contributed by atoms with van der Waals surface area (Å²) < 4.78 is 21.9. The summed E-state index contributed by atoms with van der Waals surface area (Å²) in [4.78, 5) is 27.7. The highest BCUT2D eigenvalue weighted by Crippen LogP contribution is 2.34. The molecule has 2 fully saturated rings. The van der Waals surface area contributed by atoms with E-state index in [1.807, 2.05) is 43.3 Å². The highest BCUT2D eigenvalue weighted by atomic mass is 16.5. The van der Waals surface area contributed by atoms with Crippen molar-refractivity contribution in [3.05, 3.63) is 59.7 Å². The normalized spacial score (nSPS) is 20.6. The van der Waals surface area contributed by atoms with Crippen molar-refractivity contribution in [3.8, 4) is 11.5 Å². The van der Waals surface area contributed by atoms with E-state index in [9.17, 15) is 9.59 Å². The minimum Gasteiger partial charge on any atom is -0.497 e. The molecule has 8 nitrogen and oxygen atoms in total. The molecule has 1 unspecified atom stereocenters. The fourth-order valence-corrected chi connectivity index (χ4v) is 4.92. The smallest absolute Gasteiger partial charge is 0.337 e. The van der Waals surface area contributed by atoms with Crippen LogP contribution in [-0.4, -0.2) is 68.9 Å². The van der Waals surface area contributed by atoms with Crippen molar-refractivity contribution in [1.29, 1.82) is 0 Å². The van der Waals surface area contributed by atoms with Gasteiger partial charge in [-0.05, 0) is 56.0 Å². The van der Waals surface area contributed by atoms with Crippen molar-refractivity contribution in [2.75, 3.05) is 40.5 Å². The SMILES string of the molecule is COC(=O)c1ccc(C(C)NC(=O)C2(N3CC[C@@H](Oc4cccc(OC)c4)C3)CCOCC2)cc1. The summed E-state index contributed by atoms with van der Waals surface area (Å²) in [5.41, 5.74) is 0.772. The van der Waals surface area contributed by atoms with Gasteiger partial charge in [-0.3, -0.25) is 9.69 Å². The Morgan fingerprint density at radius 2 is 1.80 bits per heavy atom. The van der Waals surface area contributed by atoms with E-state index in [2.05, 4.69) is 10.2 Å². The topological polar surface area (TPSA) is 86.3 Å². The zero-order valence-electron chi connectivity index (χ0n) is 20.6. The first-order valence-electron chi connectivity index (χ1n) is 12.1. The Balaban J connectivity index is 1.44. The average molecular weight is 483 g/mol. The molecule has 1 amide bonds. The summed E-state index contributed by atoms with van der Waals surface area (Å²) >= 11 is 0. The molecule has 0 spiro atoms. The summed E-state index contributed by atoms with van der Waals surface area (Å²) in [7, 11) is 3.00. The van der Waals surface area contributed by atoms with Gasteiger partial charge in [0.25, 0.3) is 0 Å². The minimum atomic E-state index is -0.634. The molecule has 188 valence electrons. The molecular formula is C27H34N2O6. The summed E-state index contributed by atoms with van der Waals surface area (Å²) in [6.45, 7) is 4.51. The van der Waals surface area contributed by atoms with Crippen LogP contribution in [0.5, 0.6) is 11.5 Å². The molecule has 0 aliphatic carbocycles. The largest absolute Gasteiger partial charge is 0.497 e. The average Bonchev–Trinajstić information content (AvgIpc) is 3.37. The van der Waals surface area contributed by atoms with Gasteiger partial charge in [-0.15, -0.1) is 0 Å².